The molecule has 0 radical (unpaired) electrons. The second-order valence-corrected chi connectivity index (χ2v) is 18.1. The molecular formula is C62H40N4S. The lowest BCUT2D eigenvalue weighted by Gasteiger charge is -2.26. The van der Waals surface area contributed by atoms with Gasteiger partial charge in [-0.25, -0.2) is 9.97 Å². The van der Waals surface area contributed by atoms with Gasteiger partial charge in [0.05, 0.1) is 5.69 Å². The normalized spacial score (nSPS) is 11.6. The molecule has 3 aromatic heterocycles. The van der Waals surface area contributed by atoms with Crippen LogP contribution in [0.4, 0.5) is 34.4 Å². The van der Waals surface area contributed by atoms with Crippen molar-refractivity contribution in [3.63, 3.8) is 0 Å². The highest BCUT2D eigenvalue weighted by atomic mass is 32.1. The zero-order valence-electron chi connectivity index (χ0n) is 36.3. The minimum atomic E-state index is 0.860. The van der Waals surface area contributed by atoms with Gasteiger partial charge < -0.3 is 0 Å². The van der Waals surface area contributed by atoms with Crippen molar-refractivity contribution in [3.8, 4) is 22.3 Å². The first-order chi connectivity index (χ1) is 33.2. The van der Waals surface area contributed by atoms with Crippen molar-refractivity contribution in [2.24, 2.45) is 0 Å². The number of anilines is 6. The van der Waals surface area contributed by atoms with Crippen LogP contribution in [0.1, 0.15) is 0 Å². The summed E-state index contributed by atoms with van der Waals surface area (Å²) in [6.07, 6.45) is 3.75. The Morgan fingerprint density at radius 3 is 1.46 bits per heavy atom. The number of nitrogens with zero attached hydrogens (tertiary/aromatic N) is 4. The number of rotatable bonds is 8. The average molecular weight is 873 g/mol. The number of hydrogen-bond acceptors (Lipinski definition) is 5. The van der Waals surface area contributed by atoms with Gasteiger partial charge in [0.2, 0.25) is 0 Å². The van der Waals surface area contributed by atoms with Crippen molar-refractivity contribution < 1.29 is 0 Å². The maximum absolute atomic E-state index is 4.96. The van der Waals surface area contributed by atoms with E-state index in [0.717, 1.165) is 50.9 Å². The van der Waals surface area contributed by atoms with Gasteiger partial charge in [-0.3, -0.25) is 9.80 Å². The monoisotopic (exact) mass is 872 g/mol. The molecule has 3 heterocycles. The number of thiophene rings is 1. The third-order valence-electron chi connectivity index (χ3n) is 13.1. The minimum Gasteiger partial charge on any atom is -0.295 e. The summed E-state index contributed by atoms with van der Waals surface area (Å²) in [6.45, 7) is 0. The minimum absolute atomic E-state index is 0.860. The third kappa shape index (κ3) is 6.84. The van der Waals surface area contributed by atoms with E-state index in [0.29, 0.717) is 0 Å². The van der Waals surface area contributed by atoms with Gasteiger partial charge in [-0.15, -0.1) is 11.3 Å². The van der Waals surface area contributed by atoms with E-state index in [1.165, 1.54) is 69.0 Å². The lowest BCUT2D eigenvalue weighted by molar-refractivity contribution is 1.18. The molecule has 0 aliphatic heterocycles. The topological polar surface area (TPSA) is 32.3 Å². The van der Waals surface area contributed by atoms with Crippen molar-refractivity contribution in [3.05, 3.63) is 243 Å². The second-order valence-electron chi connectivity index (χ2n) is 17.0. The highest BCUT2D eigenvalue weighted by Crippen LogP contribution is 2.49. The first-order valence-electron chi connectivity index (χ1n) is 22.6. The number of fused-ring (bicyclic) bond motifs is 9. The van der Waals surface area contributed by atoms with E-state index in [4.69, 9.17) is 9.97 Å². The molecular weight excluding hydrogens is 833 g/mol. The van der Waals surface area contributed by atoms with Crippen molar-refractivity contribution in [1.82, 2.24) is 9.97 Å². The summed E-state index contributed by atoms with van der Waals surface area (Å²) < 4.78 is 2.48. The highest BCUT2D eigenvalue weighted by Gasteiger charge is 2.22. The summed E-state index contributed by atoms with van der Waals surface area (Å²) in [5, 5.41) is 12.2. The number of hydrogen-bond donors (Lipinski definition) is 0. The fourth-order valence-electron chi connectivity index (χ4n) is 9.92. The summed E-state index contributed by atoms with van der Waals surface area (Å²) in [6, 6.07) is 83.1. The van der Waals surface area contributed by atoms with E-state index in [-0.39, 0.29) is 0 Å². The molecule has 4 nitrogen and oxygen atoms in total. The molecule has 13 aromatic rings. The van der Waals surface area contributed by atoms with Crippen LogP contribution in [0.3, 0.4) is 0 Å². The maximum Gasteiger partial charge on any atom is 0.137 e. The predicted molar refractivity (Wildman–Crippen MR) is 285 cm³/mol. The van der Waals surface area contributed by atoms with Crippen LogP contribution in [0.15, 0.2) is 243 Å². The van der Waals surface area contributed by atoms with E-state index in [1.54, 1.807) is 0 Å². The summed E-state index contributed by atoms with van der Waals surface area (Å²) in [4.78, 5) is 14.4. The van der Waals surface area contributed by atoms with Crippen molar-refractivity contribution >= 4 is 109 Å². The fourth-order valence-corrected chi connectivity index (χ4v) is 11.1. The number of aromatic nitrogens is 2. The van der Waals surface area contributed by atoms with Crippen molar-refractivity contribution in [1.29, 1.82) is 0 Å². The predicted octanol–water partition coefficient (Wildman–Crippen LogP) is 17.7. The molecule has 0 saturated heterocycles. The molecule has 13 rings (SSSR count). The summed E-state index contributed by atoms with van der Waals surface area (Å²) in [5.74, 6) is 1.72. The van der Waals surface area contributed by atoms with E-state index in [9.17, 15) is 0 Å². The Morgan fingerprint density at radius 1 is 0.299 bits per heavy atom. The Balaban J connectivity index is 0.953. The average Bonchev–Trinajstić information content (AvgIpc) is 3.79. The molecule has 0 N–H and O–H groups in total. The summed E-state index contributed by atoms with van der Waals surface area (Å²) >= 11 is 1.85. The first-order valence-corrected chi connectivity index (χ1v) is 23.4. The molecule has 0 atom stereocenters. The van der Waals surface area contributed by atoms with Crippen molar-refractivity contribution in [2.45, 2.75) is 0 Å². The van der Waals surface area contributed by atoms with Crippen LogP contribution in [0.2, 0.25) is 0 Å². The van der Waals surface area contributed by atoms with E-state index in [1.807, 2.05) is 35.9 Å². The van der Waals surface area contributed by atoms with E-state index in [2.05, 4.69) is 228 Å². The van der Waals surface area contributed by atoms with Crippen LogP contribution in [-0.2, 0) is 0 Å². The first kappa shape index (κ1) is 38.8. The Bertz CT molecular complexity index is 4010. The molecule has 67 heavy (non-hydrogen) atoms. The van der Waals surface area contributed by atoms with Crippen LogP contribution in [-0.4, -0.2) is 9.97 Å². The van der Waals surface area contributed by atoms with Crippen molar-refractivity contribution in [2.75, 3.05) is 9.80 Å². The number of pyridine rings is 2. The molecule has 5 heteroatoms. The smallest absolute Gasteiger partial charge is 0.137 e. The van der Waals surface area contributed by atoms with Gasteiger partial charge in [-0.1, -0.05) is 146 Å². The molecule has 0 bridgehead atoms. The second kappa shape index (κ2) is 16.1. The zero-order chi connectivity index (χ0) is 44.3. The SMILES string of the molecule is c1ccc(N(c2cccc(-c3ccc4ccccc4c3)c2)c2ccc3c(ccc4sc5cc(N(c6cccc(-c7ccc8ccccc8c7)c6)c6ccccn6)c6ccccc6c5c43)c2)nc1. The molecule has 0 amide bonds. The Hall–Kier alpha value is -8.64. The Morgan fingerprint density at radius 2 is 0.821 bits per heavy atom. The largest absolute Gasteiger partial charge is 0.295 e. The van der Waals surface area contributed by atoms with Crippen LogP contribution < -0.4 is 9.80 Å². The Labute approximate surface area is 391 Å². The van der Waals surface area contributed by atoms with Crippen LogP contribution in [0.5, 0.6) is 0 Å². The lowest BCUT2D eigenvalue weighted by atomic mass is 9.97. The third-order valence-corrected chi connectivity index (χ3v) is 14.2. The molecule has 0 unspecified atom stereocenters. The molecule has 0 aliphatic rings. The van der Waals surface area contributed by atoms with Gasteiger partial charge in [0.25, 0.3) is 0 Å². The summed E-state index contributed by atoms with van der Waals surface area (Å²) in [5.41, 5.74) is 8.90. The van der Waals surface area contributed by atoms with Crippen LogP contribution in [0.25, 0.3) is 85.5 Å². The Kier molecular flexibility index (Phi) is 9.32. The van der Waals surface area contributed by atoms with Gasteiger partial charge >= 0.3 is 0 Å². The molecule has 0 spiro atoms. The van der Waals surface area contributed by atoms with Gasteiger partial charge in [0, 0.05) is 55.0 Å². The van der Waals surface area contributed by atoms with Gasteiger partial charge in [-0.05, 0) is 145 Å². The van der Waals surface area contributed by atoms with Gasteiger partial charge in [0.1, 0.15) is 11.6 Å². The lowest BCUT2D eigenvalue weighted by Crippen LogP contribution is -2.12. The molecule has 10 aromatic carbocycles. The van der Waals surface area contributed by atoms with Gasteiger partial charge in [-0.2, -0.15) is 0 Å². The summed E-state index contributed by atoms with van der Waals surface area (Å²) in [7, 11) is 0. The van der Waals surface area contributed by atoms with E-state index < -0.39 is 0 Å². The molecule has 314 valence electrons. The molecule has 0 saturated carbocycles. The zero-order valence-corrected chi connectivity index (χ0v) is 37.1. The molecule has 0 fully saturated rings. The fraction of sp³-hybridized carbons (Fsp3) is 0. The highest BCUT2D eigenvalue weighted by molar-refractivity contribution is 7.26. The maximum atomic E-state index is 4.96. The van der Waals surface area contributed by atoms with Gasteiger partial charge in [0.15, 0.2) is 0 Å². The van der Waals surface area contributed by atoms with E-state index >= 15 is 0 Å². The number of benzene rings is 10. The van der Waals surface area contributed by atoms with Crippen LogP contribution >= 0.6 is 11.3 Å². The van der Waals surface area contributed by atoms with Crippen LogP contribution in [0, 0.1) is 0 Å². The standard InChI is InChI=1S/C62H40N4S/c1-3-15-43-35-47(27-25-41(43)13-1)45-17-11-19-50(37-45)65(59-23-7-9-33-63-59)52-30-31-53-49(39-52)29-32-57-61(53)62-55-22-6-5-21-54(55)56(40-58(62)67-57)66(60-24-8-10-34-64-60)51-20-12-18-46(38-51)48-28-26-42-14-2-4-16-44(42)36-48/h1-40H. The molecule has 0 aliphatic carbocycles. The quantitative estimate of drug-likeness (QED) is 0.152.